The number of amides is 1. The number of carbonyl (C=O) groups excluding carboxylic acids is 1. The Labute approximate surface area is 105 Å². The summed E-state index contributed by atoms with van der Waals surface area (Å²) in [5.41, 5.74) is 0.629. The zero-order valence-electron chi connectivity index (χ0n) is 10.4. The molecule has 1 heterocycles. The van der Waals surface area contributed by atoms with Gasteiger partial charge in [-0.05, 0) is 24.4 Å². The summed E-state index contributed by atoms with van der Waals surface area (Å²) in [6, 6.07) is 0. The van der Waals surface area contributed by atoms with E-state index in [1.165, 1.54) is 0 Å². The molecule has 1 atom stereocenters. The lowest BCUT2D eigenvalue weighted by Crippen LogP contribution is -2.36. The first kappa shape index (κ1) is 14.1. The zero-order valence-corrected chi connectivity index (χ0v) is 11.3. The molecule has 0 radical (unpaired) electrons. The first-order chi connectivity index (χ1) is 8.10. The van der Waals surface area contributed by atoms with Gasteiger partial charge in [-0.1, -0.05) is 31.2 Å². The van der Waals surface area contributed by atoms with Crippen LogP contribution in [0.1, 0.15) is 42.1 Å². The minimum Gasteiger partial charge on any atom is -0.391 e. The van der Waals surface area contributed by atoms with Crippen molar-refractivity contribution in [1.82, 2.24) is 14.9 Å². The molecule has 6 heteroatoms. The van der Waals surface area contributed by atoms with E-state index in [0.29, 0.717) is 10.6 Å². The number of aliphatic hydroxyl groups excluding tert-OH is 1. The molecule has 0 aliphatic carbocycles. The Kier molecular flexibility index (Phi) is 5.50. The van der Waals surface area contributed by atoms with Gasteiger partial charge in [0, 0.05) is 6.54 Å². The molecule has 1 aromatic rings. The smallest absolute Gasteiger partial charge is 0.265 e. The van der Waals surface area contributed by atoms with Crippen molar-refractivity contribution in [3.8, 4) is 0 Å². The second-order valence-electron chi connectivity index (χ2n) is 4.04. The molecule has 5 nitrogen and oxygen atoms in total. The van der Waals surface area contributed by atoms with Crippen LogP contribution >= 0.6 is 11.5 Å². The molecule has 1 aromatic heterocycles. The van der Waals surface area contributed by atoms with E-state index in [2.05, 4.69) is 14.9 Å². The number of carbonyl (C=O) groups is 1. The second-order valence-corrected chi connectivity index (χ2v) is 4.80. The molecule has 17 heavy (non-hydrogen) atoms. The summed E-state index contributed by atoms with van der Waals surface area (Å²) in [4.78, 5) is 12.3. The van der Waals surface area contributed by atoms with E-state index in [1.54, 1.807) is 6.92 Å². The van der Waals surface area contributed by atoms with Crippen molar-refractivity contribution in [3.63, 3.8) is 0 Å². The van der Waals surface area contributed by atoms with Gasteiger partial charge < -0.3 is 10.4 Å². The van der Waals surface area contributed by atoms with E-state index in [4.69, 9.17) is 0 Å². The molecule has 0 spiro atoms. The summed E-state index contributed by atoms with van der Waals surface area (Å²) in [6.07, 6.45) is 1.33. The maximum atomic E-state index is 11.7. The van der Waals surface area contributed by atoms with Crippen LogP contribution in [-0.2, 0) is 0 Å². The Hall–Kier alpha value is -1.01. The maximum absolute atomic E-state index is 11.7. The molecule has 96 valence electrons. The van der Waals surface area contributed by atoms with Gasteiger partial charge in [0.15, 0.2) is 0 Å². The van der Waals surface area contributed by atoms with Crippen molar-refractivity contribution in [3.05, 3.63) is 10.6 Å². The summed E-state index contributed by atoms with van der Waals surface area (Å²) >= 11 is 1.07. The van der Waals surface area contributed by atoms with Gasteiger partial charge >= 0.3 is 0 Å². The SMILES string of the molecule is CCC(CC)C(O)CNC(=O)c1snnc1C. The number of nitrogens with zero attached hydrogens (tertiary/aromatic N) is 2. The number of aromatic nitrogens is 2. The van der Waals surface area contributed by atoms with Crippen LogP contribution in [0.2, 0.25) is 0 Å². The summed E-state index contributed by atoms with van der Waals surface area (Å²) < 4.78 is 3.71. The number of rotatable bonds is 6. The van der Waals surface area contributed by atoms with Crippen molar-refractivity contribution in [2.24, 2.45) is 5.92 Å². The largest absolute Gasteiger partial charge is 0.391 e. The standard InChI is InChI=1S/C11H19N3O2S/c1-4-8(5-2)9(15)6-12-11(16)10-7(3)13-14-17-10/h8-9,15H,4-6H2,1-3H3,(H,12,16). The molecule has 0 fully saturated rings. The lowest BCUT2D eigenvalue weighted by Gasteiger charge is -2.20. The molecule has 2 N–H and O–H groups in total. The fourth-order valence-electron chi connectivity index (χ4n) is 1.72. The number of hydrogen-bond donors (Lipinski definition) is 2. The van der Waals surface area contributed by atoms with Crippen LogP contribution in [-0.4, -0.2) is 33.2 Å². The van der Waals surface area contributed by atoms with Gasteiger partial charge in [0.05, 0.1) is 11.8 Å². The Morgan fingerprint density at radius 3 is 2.59 bits per heavy atom. The molecule has 1 rings (SSSR count). The lowest BCUT2D eigenvalue weighted by atomic mass is 9.96. The van der Waals surface area contributed by atoms with Gasteiger partial charge in [-0.3, -0.25) is 4.79 Å². The van der Waals surface area contributed by atoms with Crippen LogP contribution in [0.25, 0.3) is 0 Å². The summed E-state index contributed by atoms with van der Waals surface area (Å²) in [5.74, 6) is 0.0264. The van der Waals surface area contributed by atoms with Crippen molar-refractivity contribution in [1.29, 1.82) is 0 Å². The van der Waals surface area contributed by atoms with Crippen LogP contribution in [0.3, 0.4) is 0 Å². The summed E-state index contributed by atoms with van der Waals surface area (Å²) in [5, 5.41) is 16.4. The Morgan fingerprint density at radius 1 is 1.47 bits per heavy atom. The number of aliphatic hydroxyl groups is 1. The highest BCUT2D eigenvalue weighted by atomic mass is 32.1. The summed E-state index contributed by atoms with van der Waals surface area (Å²) in [7, 11) is 0. The highest BCUT2D eigenvalue weighted by Gasteiger charge is 2.18. The Morgan fingerprint density at radius 2 is 2.12 bits per heavy atom. The highest BCUT2D eigenvalue weighted by molar-refractivity contribution is 7.07. The minimum absolute atomic E-state index is 0.206. The van der Waals surface area contributed by atoms with Gasteiger partial charge in [-0.2, -0.15) is 0 Å². The Balaban J connectivity index is 2.46. The molecule has 0 aliphatic heterocycles. The van der Waals surface area contributed by atoms with Crippen molar-refractivity contribution in [2.45, 2.75) is 39.7 Å². The van der Waals surface area contributed by atoms with E-state index in [-0.39, 0.29) is 18.4 Å². The molecule has 1 amide bonds. The molecule has 1 unspecified atom stereocenters. The third-order valence-electron chi connectivity index (χ3n) is 2.92. The third kappa shape index (κ3) is 3.74. The topological polar surface area (TPSA) is 75.1 Å². The van der Waals surface area contributed by atoms with Gasteiger partial charge in [-0.25, -0.2) is 0 Å². The van der Waals surface area contributed by atoms with Crippen LogP contribution in [0.4, 0.5) is 0 Å². The van der Waals surface area contributed by atoms with Crippen LogP contribution in [0.5, 0.6) is 0 Å². The molecular formula is C11H19N3O2S. The van der Waals surface area contributed by atoms with E-state index in [0.717, 1.165) is 24.4 Å². The van der Waals surface area contributed by atoms with Gasteiger partial charge in [0.25, 0.3) is 5.91 Å². The first-order valence-corrected chi connectivity index (χ1v) is 6.62. The van der Waals surface area contributed by atoms with Crippen LogP contribution in [0, 0.1) is 12.8 Å². The molecule has 0 aromatic carbocycles. The third-order valence-corrected chi connectivity index (χ3v) is 3.75. The number of aryl methyl sites for hydroxylation is 1. The molecule has 0 saturated carbocycles. The van der Waals surface area contributed by atoms with Gasteiger partial charge in [-0.15, -0.1) is 5.10 Å². The molecule has 0 saturated heterocycles. The second kappa shape index (κ2) is 6.66. The fourth-order valence-corrected chi connectivity index (χ4v) is 2.29. The van der Waals surface area contributed by atoms with Crippen molar-refractivity contribution in [2.75, 3.05) is 6.54 Å². The minimum atomic E-state index is -0.491. The maximum Gasteiger partial charge on any atom is 0.265 e. The average Bonchev–Trinajstić information content (AvgIpc) is 2.74. The molecule has 0 aliphatic rings. The molecule has 0 bridgehead atoms. The van der Waals surface area contributed by atoms with E-state index in [9.17, 15) is 9.90 Å². The van der Waals surface area contributed by atoms with E-state index < -0.39 is 6.10 Å². The van der Waals surface area contributed by atoms with Gasteiger partial charge in [0.2, 0.25) is 0 Å². The van der Waals surface area contributed by atoms with Gasteiger partial charge in [0.1, 0.15) is 4.88 Å². The van der Waals surface area contributed by atoms with E-state index >= 15 is 0 Å². The normalized spacial score (nSPS) is 12.8. The van der Waals surface area contributed by atoms with Crippen molar-refractivity contribution >= 4 is 17.4 Å². The lowest BCUT2D eigenvalue weighted by molar-refractivity contribution is 0.0819. The van der Waals surface area contributed by atoms with Crippen molar-refractivity contribution < 1.29 is 9.90 Å². The molecular weight excluding hydrogens is 238 g/mol. The number of nitrogens with one attached hydrogen (secondary N) is 1. The Bertz CT molecular complexity index is 363. The number of hydrogen-bond acceptors (Lipinski definition) is 5. The van der Waals surface area contributed by atoms with E-state index in [1.807, 2.05) is 13.8 Å². The zero-order chi connectivity index (χ0) is 12.8. The highest BCUT2D eigenvalue weighted by Crippen LogP contribution is 2.13. The van der Waals surface area contributed by atoms with Crippen LogP contribution in [0.15, 0.2) is 0 Å². The monoisotopic (exact) mass is 257 g/mol. The summed E-state index contributed by atoms with van der Waals surface area (Å²) in [6.45, 7) is 6.10. The first-order valence-electron chi connectivity index (χ1n) is 5.85. The average molecular weight is 257 g/mol. The van der Waals surface area contributed by atoms with Crippen LogP contribution < -0.4 is 5.32 Å². The predicted octanol–water partition coefficient (Wildman–Crippen LogP) is 1.37. The quantitative estimate of drug-likeness (QED) is 0.807. The fraction of sp³-hybridized carbons (Fsp3) is 0.727. The predicted molar refractivity (Wildman–Crippen MR) is 67.1 cm³/mol.